The van der Waals surface area contributed by atoms with Crippen molar-refractivity contribution in [1.29, 1.82) is 0 Å². The Kier molecular flexibility index (Phi) is 8.50. The first-order valence-corrected chi connectivity index (χ1v) is 12.0. The molecule has 2 atom stereocenters. The summed E-state index contributed by atoms with van der Waals surface area (Å²) in [6.45, 7) is 3.83. The number of carboxylic acids is 1. The number of para-hydroxylation sites is 1. The van der Waals surface area contributed by atoms with Crippen LogP contribution in [0.2, 0.25) is 0 Å². The van der Waals surface area contributed by atoms with Crippen LogP contribution in [-0.2, 0) is 25.6 Å². The van der Waals surface area contributed by atoms with Gasteiger partial charge in [0.25, 0.3) is 0 Å². The Balaban J connectivity index is 1.77. The first kappa shape index (κ1) is 26.2. The van der Waals surface area contributed by atoms with Crippen molar-refractivity contribution in [3.05, 3.63) is 36.0 Å². The fourth-order valence-corrected chi connectivity index (χ4v) is 4.86. The minimum Gasteiger partial charge on any atom is -0.480 e. The summed E-state index contributed by atoms with van der Waals surface area (Å²) >= 11 is 0. The summed E-state index contributed by atoms with van der Waals surface area (Å²) in [6, 6.07) is 6.34. The second kappa shape index (κ2) is 11.4. The number of amides is 3. The van der Waals surface area contributed by atoms with E-state index in [9.17, 15) is 24.3 Å². The van der Waals surface area contributed by atoms with Crippen LogP contribution in [0.25, 0.3) is 10.9 Å². The third-order valence-corrected chi connectivity index (χ3v) is 6.64. The van der Waals surface area contributed by atoms with Crippen LogP contribution in [0.4, 0.5) is 0 Å². The molecule has 1 fully saturated rings. The second-order valence-corrected chi connectivity index (χ2v) is 9.77. The Morgan fingerprint density at radius 2 is 1.80 bits per heavy atom. The van der Waals surface area contributed by atoms with E-state index < -0.39 is 41.2 Å². The number of nitrogens with one attached hydrogen (secondary N) is 4. The number of fused-ring (bicyclic) bond motifs is 1. The summed E-state index contributed by atoms with van der Waals surface area (Å²) in [5, 5.41) is 25.1. The molecule has 1 saturated carbocycles. The van der Waals surface area contributed by atoms with Gasteiger partial charge in [0.2, 0.25) is 17.7 Å². The van der Waals surface area contributed by atoms with Crippen molar-refractivity contribution < 1.29 is 29.5 Å². The fraction of sp³-hybridized carbons (Fsp3) is 0.520. The molecule has 6 N–H and O–H groups in total. The number of aliphatic carboxylic acids is 1. The smallest absolute Gasteiger partial charge is 0.326 e. The van der Waals surface area contributed by atoms with Gasteiger partial charge in [0, 0.05) is 35.9 Å². The molecule has 0 radical (unpaired) electrons. The molecule has 10 heteroatoms. The number of carbonyl (C=O) groups excluding carboxylic acids is 3. The van der Waals surface area contributed by atoms with Crippen molar-refractivity contribution >= 4 is 34.6 Å². The summed E-state index contributed by atoms with van der Waals surface area (Å²) in [7, 11) is 0. The van der Waals surface area contributed by atoms with Gasteiger partial charge in [-0.15, -0.1) is 0 Å². The molecule has 1 aromatic carbocycles. The molecule has 2 aromatic rings. The number of carbonyl (C=O) groups is 4. The zero-order chi connectivity index (χ0) is 25.6. The normalized spacial score (nSPS) is 16.6. The van der Waals surface area contributed by atoms with Gasteiger partial charge in [0.05, 0.1) is 0 Å². The maximum atomic E-state index is 13.4. The lowest BCUT2D eigenvalue weighted by molar-refractivity contribution is -0.144. The van der Waals surface area contributed by atoms with Crippen LogP contribution in [0.5, 0.6) is 0 Å². The molecule has 0 aliphatic heterocycles. The molecule has 3 rings (SSSR count). The number of carboxylic acid groups (broad SMARTS) is 1. The first-order chi connectivity index (χ1) is 16.6. The molecule has 1 heterocycles. The molecule has 1 aliphatic carbocycles. The van der Waals surface area contributed by atoms with E-state index in [1.165, 1.54) is 0 Å². The largest absolute Gasteiger partial charge is 0.480 e. The maximum Gasteiger partial charge on any atom is 0.326 e. The second-order valence-electron chi connectivity index (χ2n) is 9.77. The van der Waals surface area contributed by atoms with Crippen LogP contribution in [0.1, 0.15) is 57.9 Å². The highest BCUT2D eigenvalue weighted by Crippen LogP contribution is 2.31. The lowest BCUT2D eigenvalue weighted by atomic mass is 9.89. The maximum absolute atomic E-state index is 13.4. The highest BCUT2D eigenvalue weighted by Gasteiger charge is 2.44. The molecule has 1 aromatic heterocycles. The molecule has 190 valence electrons. The topological polar surface area (TPSA) is 161 Å². The van der Waals surface area contributed by atoms with Gasteiger partial charge in [-0.1, -0.05) is 44.9 Å². The predicted octanol–water partition coefficient (Wildman–Crippen LogP) is 2.27. The zero-order valence-electron chi connectivity index (χ0n) is 20.1. The molecule has 10 nitrogen and oxygen atoms in total. The van der Waals surface area contributed by atoms with Crippen LogP contribution in [0.3, 0.4) is 0 Å². The highest BCUT2D eigenvalue weighted by molar-refractivity contribution is 5.95. The zero-order valence-corrected chi connectivity index (χ0v) is 20.1. The van der Waals surface area contributed by atoms with Crippen LogP contribution < -0.4 is 16.1 Å². The van der Waals surface area contributed by atoms with Gasteiger partial charge in [-0.25, -0.2) is 10.3 Å². The number of H-pyrrole nitrogens is 1. The van der Waals surface area contributed by atoms with Crippen LogP contribution in [-0.4, -0.2) is 50.6 Å². The number of rotatable bonds is 11. The Morgan fingerprint density at radius 1 is 1.11 bits per heavy atom. The average molecular weight is 487 g/mol. The van der Waals surface area contributed by atoms with Crippen molar-refractivity contribution in [2.24, 2.45) is 11.8 Å². The fourth-order valence-electron chi connectivity index (χ4n) is 4.86. The Labute approximate surface area is 203 Å². The van der Waals surface area contributed by atoms with Gasteiger partial charge in [-0.2, -0.15) is 0 Å². The van der Waals surface area contributed by atoms with Crippen molar-refractivity contribution in [3.63, 3.8) is 0 Å². The summed E-state index contributed by atoms with van der Waals surface area (Å²) in [6.07, 6.45) is 4.19. The third-order valence-electron chi connectivity index (χ3n) is 6.64. The number of hydrogen-bond acceptors (Lipinski definition) is 5. The van der Waals surface area contributed by atoms with E-state index >= 15 is 0 Å². The summed E-state index contributed by atoms with van der Waals surface area (Å²) in [5.41, 5.74) is 1.96. The number of benzene rings is 1. The monoisotopic (exact) mass is 486 g/mol. The van der Waals surface area contributed by atoms with Gasteiger partial charge >= 0.3 is 5.97 Å². The van der Waals surface area contributed by atoms with E-state index in [-0.39, 0.29) is 18.8 Å². The quantitative estimate of drug-likeness (QED) is 0.211. The predicted molar refractivity (Wildman–Crippen MR) is 128 cm³/mol. The van der Waals surface area contributed by atoms with Crippen molar-refractivity contribution in [2.45, 2.75) is 70.4 Å². The minimum atomic E-state index is -1.24. The molecular weight excluding hydrogens is 452 g/mol. The van der Waals surface area contributed by atoms with E-state index in [0.717, 1.165) is 16.5 Å². The summed E-state index contributed by atoms with van der Waals surface area (Å²) < 4.78 is 0. The molecule has 0 spiro atoms. The van der Waals surface area contributed by atoms with Gasteiger partial charge in [0.15, 0.2) is 0 Å². The minimum absolute atomic E-state index is 0.0851. The lowest BCUT2D eigenvalue weighted by Crippen LogP contribution is -2.61. The molecule has 35 heavy (non-hydrogen) atoms. The Morgan fingerprint density at radius 3 is 2.43 bits per heavy atom. The van der Waals surface area contributed by atoms with E-state index in [0.29, 0.717) is 32.1 Å². The van der Waals surface area contributed by atoms with Crippen LogP contribution >= 0.6 is 0 Å². The van der Waals surface area contributed by atoms with Gasteiger partial charge in [-0.05, 0) is 36.8 Å². The summed E-state index contributed by atoms with van der Waals surface area (Å²) in [4.78, 5) is 53.4. The molecular formula is C25H34N4O6. The van der Waals surface area contributed by atoms with Crippen LogP contribution in [0, 0.1) is 11.8 Å². The van der Waals surface area contributed by atoms with Gasteiger partial charge in [0.1, 0.15) is 11.6 Å². The van der Waals surface area contributed by atoms with E-state index in [2.05, 4.69) is 15.6 Å². The van der Waals surface area contributed by atoms with Crippen molar-refractivity contribution in [3.8, 4) is 0 Å². The van der Waals surface area contributed by atoms with E-state index in [4.69, 9.17) is 5.21 Å². The number of aromatic amines is 1. The highest BCUT2D eigenvalue weighted by atomic mass is 16.5. The van der Waals surface area contributed by atoms with Crippen molar-refractivity contribution in [2.75, 3.05) is 0 Å². The van der Waals surface area contributed by atoms with Gasteiger partial charge < -0.3 is 20.7 Å². The number of aromatic nitrogens is 1. The molecule has 0 saturated heterocycles. The Hall–Kier alpha value is -3.40. The number of hydroxylamine groups is 1. The standard InChI is InChI=1S/C25H34N4O6/c1-15(2)11-16(13-21(30)29-35)22(31)28-25(9-5-6-10-25)24(34)27-20(23(32)33)12-17-14-26-19-8-4-3-7-18(17)19/h3-4,7-8,14-16,20,26,35H,5-6,9-13H2,1-2H3,(H,27,34)(H,28,31)(H,29,30)(H,32,33)/t16?,20-/m0/s1. The summed E-state index contributed by atoms with van der Waals surface area (Å²) in [5.74, 6) is -3.46. The molecule has 3 amide bonds. The van der Waals surface area contributed by atoms with Crippen LogP contribution in [0.15, 0.2) is 30.5 Å². The van der Waals surface area contributed by atoms with E-state index in [1.807, 2.05) is 38.1 Å². The first-order valence-electron chi connectivity index (χ1n) is 12.0. The van der Waals surface area contributed by atoms with Crippen molar-refractivity contribution in [1.82, 2.24) is 21.1 Å². The van der Waals surface area contributed by atoms with E-state index in [1.54, 1.807) is 11.7 Å². The average Bonchev–Trinajstić information content (AvgIpc) is 3.45. The molecule has 1 unspecified atom stereocenters. The molecule has 0 bridgehead atoms. The SMILES string of the molecule is CC(C)CC(CC(=O)NO)C(=O)NC1(C(=O)N[C@@H](Cc2c[nH]c3ccccc23)C(=O)O)CCCC1. The lowest BCUT2D eigenvalue weighted by Gasteiger charge is -2.32. The van der Waals surface area contributed by atoms with Gasteiger partial charge in [-0.3, -0.25) is 19.6 Å². The number of hydrogen-bond donors (Lipinski definition) is 6. The Bertz CT molecular complexity index is 1070. The molecule has 1 aliphatic rings. The third kappa shape index (κ3) is 6.39.